The van der Waals surface area contributed by atoms with Crippen molar-refractivity contribution in [1.82, 2.24) is 29.8 Å². The molecule has 7 nitrogen and oxygen atoms in total. The molecule has 2 N–H and O–H groups in total. The van der Waals surface area contributed by atoms with E-state index in [2.05, 4.69) is 20.6 Å². The smallest absolute Gasteiger partial charge is 0.193 e. The Hall–Kier alpha value is -2.70. The molecule has 1 aromatic carbocycles. The van der Waals surface area contributed by atoms with E-state index in [0.717, 1.165) is 21.8 Å². The Morgan fingerprint density at radius 3 is 2.94 bits per heavy atom. The summed E-state index contributed by atoms with van der Waals surface area (Å²) in [4.78, 5) is 0. The van der Waals surface area contributed by atoms with Crippen LogP contribution in [0, 0.1) is 0 Å². The van der Waals surface area contributed by atoms with Crippen molar-refractivity contribution in [3.05, 3.63) is 24.3 Å². The molecule has 0 atom stereocenters. The molecule has 3 heterocycles. The molecule has 0 unspecified atom stereocenters. The Kier molecular flexibility index (Phi) is 1.53. The van der Waals surface area contributed by atoms with E-state index in [1.54, 1.807) is 9.20 Å². The molecule has 0 amide bonds. The Balaban J connectivity index is 2.50. The van der Waals surface area contributed by atoms with Crippen molar-refractivity contribution in [2.45, 2.75) is 0 Å². The lowest BCUT2D eigenvalue weighted by molar-refractivity contribution is 0.804. The van der Waals surface area contributed by atoms with Gasteiger partial charge in [-0.25, -0.2) is 0 Å². The van der Waals surface area contributed by atoms with Gasteiger partial charge in [0.2, 0.25) is 0 Å². The summed E-state index contributed by atoms with van der Waals surface area (Å²) >= 11 is 0. The molecule has 0 aliphatic heterocycles. The molecule has 4 rings (SSSR count). The van der Waals surface area contributed by atoms with Gasteiger partial charge in [0.25, 0.3) is 0 Å². The third kappa shape index (κ3) is 0.939. The quantitative estimate of drug-likeness (QED) is 0.489. The lowest BCUT2D eigenvalue weighted by Gasteiger charge is -2.03. The summed E-state index contributed by atoms with van der Waals surface area (Å²) in [6, 6.07) is 7.91. The van der Waals surface area contributed by atoms with E-state index in [4.69, 9.17) is 5.73 Å². The van der Waals surface area contributed by atoms with Crippen molar-refractivity contribution >= 4 is 33.3 Å². The van der Waals surface area contributed by atoms with Crippen LogP contribution < -0.4 is 5.73 Å². The molecule has 0 aliphatic carbocycles. The lowest BCUT2D eigenvalue weighted by Crippen LogP contribution is -1.95. The van der Waals surface area contributed by atoms with E-state index in [1.165, 1.54) is 0 Å². The van der Waals surface area contributed by atoms with Crippen LogP contribution >= 0.6 is 0 Å². The van der Waals surface area contributed by atoms with Gasteiger partial charge in [-0.15, -0.1) is 5.10 Å². The van der Waals surface area contributed by atoms with Crippen molar-refractivity contribution in [2.24, 2.45) is 7.05 Å². The van der Waals surface area contributed by atoms with Crippen LogP contribution in [0.4, 0.5) is 5.82 Å². The number of rotatable bonds is 0. The Labute approximate surface area is 101 Å². The summed E-state index contributed by atoms with van der Waals surface area (Å²) in [6.45, 7) is 0. The summed E-state index contributed by atoms with van der Waals surface area (Å²) in [5.74, 6) is 0.443. The minimum absolute atomic E-state index is 0.443. The number of aromatic nitrogens is 6. The molecule has 88 valence electrons. The zero-order valence-electron chi connectivity index (χ0n) is 9.57. The zero-order valence-corrected chi connectivity index (χ0v) is 9.57. The molecule has 4 aromatic rings. The van der Waals surface area contributed by atoms with Crippen molar-refractivity contribution in [1.29, 1.82) is 0 Å². The number of nitrogen functional groups attached to an aromatic ring is 1. The number of anilines is 1. The fraction of sp³-hybridized carbons (Fsp3) is 0.0909. The van der Waals surface area contributed by atoms with Gasteiger partial charge >= 0.3 is 0 Å². The van der Waals surface area contributed by atoms with E-state index < -0.39 is 0 Å². The topological polar surface area (TPSA) is 86.9 Å². The number of hydrogen-bond acceptors (Lipinski definition) is 5. The van der Waals surface area contributed by atoms with Crippen LogP contribution in [-0.2, 0) is 7.05 Å². The highest BCUT2D eigenvalue weighted by Gasteiger charge is 2.17. The number of fused-ring (bicyclic) bond motifs is 6. The normalized spacial score (nSPS) is 11.8. The highest BCUT2D eigenvalue weighted by molar-refractivity contribution is 6.13. The standard InChI is InChI=1S/C11H9N7/c1-17-9-6-4-2-3-5-7(6)18-11(13-15-16-18)8(9)10(12)14-17/h2-5H,1H3,(H2,12,14). The third-order valence-electron chi connectivity index (χ3n) is 3.15. The number of tetrazole rings is 1. The molecule has 0 bridgehead atoms. The largest absolute Gasteiger partial charge is 0.382 e. The maximum atomic E-state index is 5.95. The summed E-state index contributed by atoms with van der Waals surface area (Å²) in [7, 11) is 1.87. The van der Waals surface area contributed by atoms with Gasteiger partial charge in [-0.3, -0.25) is 4.68 Å². The number of para-hydroxylation sites is 1. The average molecular weight is 239 g/mol. The van der Waals surface area contributed by atoms with E-state index in [0.29, 0.717) is 11.5 Å². The zero-order chi connectivity index (χ0) is 12.3. The maximum absolute atomic E-state index is 5.95. The average Bonchev–Trinajstić information content (AvgIpc) is 2.95. The predicted octanol–water partition coefficient (Wildman–Crippen LogP) is 0.746. The van der Waals surface area contributed by atoms with E-state index in [-0.39, 0.29) is 0 Å². The van der Waals surface area contributed by atoms with Crippen LogP contribution in [0.2, 0.25) is 0 Å². The van der Waals surface area contributed by atoms with Crippen LogP contribution in [0.3, 0.4) is 0 Å². The van der Waals surface area contributed by atoms with Crippen LogP contribution in [-0.4, -0.2) is 29.8 Å². The summed E-state index contributed by atoms with van der Waals surface area (Å²) in [6.07, 6.45) is 0. The van der Waals surface area contributed by atoms with Gasteiger partial charge in [-0.05, 0) is 16.5 Å². The monoisotopic (exact) mass is 239 g/mol. The number of aryl methyl sites for hydroxylation is 1. The van der Waals surface area contributed by atoms with Gasteiger partial charge in [0.05, 0.1) is 16.4 Å². The molecule has 0 saturated carbocycles. The fourth-order valence-corrected chi connectivity index (χ4v) is 2.44. The lowest BCUT2D eigenvalue weighted by atomic mass is 10.1. The molecule has 0 radical (unpaired) electrons. The first-order valence-electron chi connectivity index (χ1n) is 5.48. The second kappa shape index (κ2) is 2.95. The molecule has 18 heavy (non-hydrogen) atoms. The first-order valence-corrected chi connectivity index (χ1v) is 5.48. The van der Waals surface area contributed by atoms with Crippen molar-refractivity contribution in [3.63, 3.8) is 0 Å². The maximum Gasteiger partial charge on any atom is 0.193 e. The summed E-state index contributed by atoms with van der Waals surface area (Å²) < 4.78 is 3.46. The molecular formula is C11H9N7. The highest BCUT2D eigenvalue weighted by Crippen LogP contribution is 2.30. The van der Waals surface area contributed by atoms with Crippen molar-refractivity contribution in [3.8, 4) is 0 Å². The van der Waals surface area contributed by atoms with Gasteiger partial charge in [0.1, 0.15) is 0 Å². The van der Waals surface area contributed by atoms with Crippen LogP contribution in [0.25, 0.3) is 27.5 Å². The molecule has 0 aliphatic rings. The minimum Gasteiger partial charge on any atom is -0.382 e. The second-order valence-electron chi connectivity index (χ2n) is 4.16. The number of pyridine rings is 1. The van der Waals surface area contributed by atoms with Gasteiger partial charge in [-0.2, -0.15) is 9.61 Å². The first-order chi connectivity index (χ1) is 8.77. The summed E-state index contributed by atoms with van der Waals surface area (Å²) in [5, 5.41) is 17.8. The van der Waals surface area contributed by atoms with Crippen molar-refractivity contribution in [2.75, 3.05) is 5.73 Å². The SMILES string of the molecule is Cn1nc(N)c2c1c1ccccc1n1nnnc21. The van der Waals surface area contributed by atoms with E-state index in [9.17, 15) is 0 Å². The van der Waals surface area contributed by atoms with Gasteiger partial charge in [-0.1, -0.05) is 18.2 Å². The third-order valence-corrected chi connectivity index (χ3v) is 3.15. The number of nitrogens with two attached hydrogens (primary N) is 1. The number of hydrogen-bond donors (Lipinski definition) is 1. The van der Waals surface area contributed by atoms with Gasteiger partial charge < -0.3 is 5.73 Å². The molecule has 3 aromatic heterocycles. The number of nitrogens with zero attached hydrogens (tertiary/aromatic N) is 6. The second-order valence-corrected chi connectivity index (χ2v) is 4.16. The Bertz CT molecular complexity index is 902. The van der Waals surface area contributed by atoms with Gasteiger partial charge in [0, 0.05) is 12.4 Å². The number of benzene rings is 1. The summed E-state index contributed by atoms with van der Waals surface area (Å²) in [5.41, 5.74) is 8.47. The molecule has 0 fully saturated rings. The van der Waals surface area contributed by atoms with Crippen molar-refractivity contribution < 1.29 is 0 Å². The fourth-order valence-electron chi connectivity index (χ4n) is 2.44. The minimum atomic E-state index is 0.443. The van der Waals surface area contributed by atoms with Crippen LogP contribution in [0.15, 0.2) is 24.3 Å². The molecule has 0 saturated heterocycles. The first kappa shape index (κ1) is 9.34. The Morgan fingerprint density at radius 2 is 2.06 bits per heavy atom. The van der Waals surface area contributed by atoms with E-state index >= 15 is 0 Å². The van der Waals surface area contributed by atoms with Crippen LogP contribution in [0.5, 0.6) is 0 Å². The Morgan fingerprint density at radius 1 is 1.22 bits per heavy atom. The predicted molar refractivity (Wildman–Crippen MR) is 67.0 cm³/mol. The highest BCUT2D eigenvalue weighted by atomic mass is 15.5. The molecular weight excluding hydrogens is 230 g/mol. The van der Waals surface area contributed by atoms with E-state index in [1.807, 2.05) is 31.3 Å². The van der Waals surface area contributed by atoms with Gasteiger partial charge in [0.15, 0.2) is 11.5 Å². The molecule has 7 heteroatoms. The molecule has 0 spiro atoms. The van der Waals surface area contributed by atoms with Crippen LogP contribution in [0.1, 0.15) is 0 Å².